The molecule has 0 saturated heterocycles. The Kier molecular flexibility index (Phi) is 2.45. The Morgan fingerprint density at radius 2 is 2.25 bits per heavy atom. The molecule has 0 aromatic heterocycles. The Bertz CT molecular complexity index is 307. The predicted octanol–water partition coefficient (Wildman–Crippen LogP) is 1.15. The largest absolute Gasteiger partial charge is 0.478 e. The molecule has 3 N–H and O–H groups in total. The molecule has 0 spiro atoms. The average molecular weight is 165 g/mol. The zero-order valence-electron chi connectivity index (χ0n) is 6.87. The average Bonchev–Trinajstić information content (AvgIpc) is 2.03. The second kappa shape index (κ2) is 3.36. The molecule has 1 rings (SSSR count). The molecule has 0 amide bonds. The maximum atomic E-state index is 10.6. The Labute approximate surface area is 70.8 Å². The fraction of sp³-hybridized carbons (Fsp3) is 0.222. The number of nitrogens with two attached hydrogens (primary N) is 1. The number of hydrogen-bond donors (Lipinski definition) is 2. The van der Waals surface area contributed by atoms with Crippen LogP contribution in [-0.2, 0) is 6.54 Å². The highest BCUT2D eigenvalue weighted by atomic mass is 16.4. The summed E-state index contributed by atoms with van der Waals surface area (Å²) in [5.41, 5.74) is 7.45. The first-order chi connectivity index (χ1) is 5.65. The van der Waals surface area contributed by atoms with Gasteiger partial charge in [0.05, 0.1) is 5.56 Å². The van der Waals surface area contributed by atoms with Crippen LogP contribution in [0.1, 0.15) is 21.5 Å². The molecule has 0 radical (unpaired) electrons. The molecule has 0 atom stereocenters. The zero-order chi connectivity index (χ0) is 9.14. The molecule has 0 aliphatic heterocycles. The maximum absolute atomic E-state index is 10.6. The van der Waals surface area contributed by atoms with Gasteiger partial charge in [0.15, 0.2) is 0 Å². The van der Waals surface area contributed by atoms with E-state index in [1.807, 2.05) is 0 Å². The smallest absolute Gasteiger partial charge is 0.335 e. The maximum Gasteiger partial charge on any atom is 0.335 e. The Morgan fingerprint density at radius 3 is 2.67 bits per heavy atom. The van der Waals surface area contributed by atoms with Crippen LogP contribution in [-0.4, -0.2) is 11.1 Å². The van der Waals surface area contributed by atoms with Gasteiger partial charge in [-0.15, -0.1) is 0 Å². The summed E-state index contributed by atoms with van der Waals surface area (Å²) in [5.74, 6) is -0.893. The molecule has 0 aliphatic carbocycles. The van der Waals surface area contributed by atoms with Gasteiger partial charge in [0.25, 0.3) is 0 Å². The summed E-state index contributed by atoms with van der Waals surface area (Å²) in [6.45, 7) is 2.21. The van der Waals surface area contributed by atoms with Crippen molar-refractivity contribution in [1.29, 1.82) is 0 Å². The number of carbonyl (C=O) groups is 1. The number of carboxylic acids is 1. The quantitative estimate of drug-likeness (QED) is 0.691. The topological polar surface area (TPSA) is 63.3 Å². The summed E-state index contributed by atoms with van der Waals surface area (Å²) < 4.78 is 0. The minimum absolute atomic E-state index is 0.340. The van der Waals surface area contributed by atoms with Gasteiger partial charge in [-0.2, -0.15) is 0 Å². The molecular formula is C9H11NO2. The van der Waals surface area contributed by atoms with Gasteiger partial charge in [0.1, 0.15) is 0 Å². The molecule has 0 heterocycles. The highest BCUT2D eigenvalue weighted by Gasteiger charge is 2.05. The van der Waals surface area contributed by atoms with Gasteiger partial charge >= 0.3 is 5.97 Å². The molecular weight excluding hydrogens is 154 g/mol. The molecule has 64 valence electrons. The van der Waals surface area contributed by atoms with Crippen molar-refractivity contribution < 1.29 is 9.90 Å². The SMILES string of the molecule is Cc1cc(CN)ccc1C(=O)O. The summed E-state index contributed by atoms with van der Waals surface area (Å²) in [7, 11) is 0. The molecule has 1 aromatic carbocycles. The lowest BCUT2D eigenvalue weighted by Crippen LogP contribution is -2.02. The predicted molar refractivity (Wildman–Crippen MR) is 46.0 cm³/mol. The minimum atomic E-state index is -0.893. The van der Waals surface area contributed by atoms with Gasteiger partial charge in [0, 0.05) is 6.54 Å². The van der Waals surface area contributed by atoms with Gasteiger partial charge in [-0.25, -0.2) is 4.79 Å². The van der Waals surface area contributed by atoms with Crippen molar-refractivity contribution in [3.05, 3.63) is 34.9 Å². The van der Waals surface area contributed by atoms with Crippen LogP contribution in [0.4, 0.5) is 0 Å². The van der Waals surface area contributed by atoms with Gasteiger partial charge in [-0.3, -0.25) is 0 Å². The van der Waals surface area contributed by atoms with Gasteiger partial charge < -0.3 is 10.8 Å². The van der Waals surface area contributed by atoms with Crippen molar-refractivity contribution in [1.82, 2.24) is 0 Å². The normalized spacial score (nSPS) is 9.83. The van der Waals surface area contributed by atoms with Crippen LogP contribution < -0.4 is 5.73 Å². The summed E-state index contributed by atoms with van der Waals surface area (Å²) in [5, 5.41) is 8.70. The lowest BCUT2D eigenvalue weighted by atomic mass is 10.1. The Hall–Kier alpha value is -1.35. The van der Waals surface area contributed by atoms with Crippen LogP contribution >= 0.6 is 0 Å². The molecule has 3 nitrogen and oxygen atoms in total. The fourth-order valence-corrected chi connectivity index (χ4v) is 1.09. The third kappa shape index (κ3) is 1.62. The molecule has 3 heteroatoms. The zero-order valence-corrected chi connectivity index (χ0v) is 6.87. The molecule has 0 unspecified atom stereocenters. The number of benzene rings is 1. The number of rotatable bonds is 2. The van der Waals surface area contributed by atoms with E-state index in [0.717, 1.165) is 11.1 Å². The van der Waals surface area contributed by atoms with Crippen LogP contribution in [0.15, 0.2) is 18.2 Å². The van der Waals surface area contributed by atoms with E-state index < -0.39 is 5.97 Å². The van der Waals surface area contributed by atoms with Crippen molar-refractivity contribution >= 4 is 5.97 Å². The summed E-state index contributed by atoms with van der Waals surface area (Å²) >= 11 is 0. The van der Waals surface area contributed by atoms with E-state index in [1.54, 1.807) is 25.1 Å². The van der Waals surface area contributed by atoms with Crippen molar-refractivity contribution in [3.63, 3.8) is 0 Å². The van der Waals surface area contributed by atoms with E-state index in [1.165, 1.54) is 0 Å². The Morgan fingerprint density at radius 1 is 1.58 bits per heavy atom. The lowest BCUT2D eigenvalue weighted by Gasteiger charge is -2.02. The van der Waals surface area contributed by atoms with Crippen molar-refractivity contribution in [2.45, 2.75) is 13.5 Å². The summed E-state index contributed by atoms with van der Waals surface area (Å²) in [4.78, 5) is 10.6. The van der Waals surface area contributed by atoms with E-state index in [9.17, 15) is 4.79 Å². The molecule has 1 aromatic rings. The van der Waals surface area contributed by atoms with Crippen LogP contribution in [0.25, 0.3) is 0 Å². The lowest BCUT2D eigenvalue weighted by molar-refractivity contribution is 0.0696. The number of aromatic carboxylic acids is 1. The van der Waals surface area contributed by atoms with Gasteiger partial charge in [-0.05, 0) is 24.1 Å². The van der Waals surface area contributed by atoms with Crippen LogP contribution in [0.5, 0.6) is 0 Å². The van der Waals surface area contributed by atoms with Crippen LogP contribution in [0.2, 0.25) is 0 Å². The van der Waals surface area contributed by atoms with E-state index in [-0.39, 0.29) is 0 Å². The first kappa shape index (κ1) is 8.74. The highest BCUT2D eigenvalue weighted by Crippen LogP contribution is 2.10. The number of aryl methyl sites for hydroxylation is 1. The molecule has 0 bridgehead atoms. The molecule has 12 heavy (non-hydrogen) atoms. The monoisotopic (exact) mass is 165 g/mol. The molecule has 0 saturated carbocycles. The third-order valence-corrected chi connectivity index (χ3v) is 1.76. The third-order valence-electron chi connectivity index (χ3n) is 1.76. The van der Waals surface area contributed by atoms with Gasteiger partial charge in [0.2, 0.25) is 0 Å². The number of hydrogen-bond acceptors (Lipinski definition) is 2. The van der Waals surface area contributed by atoms with E-state index >= 15 is 0 Å². The molecule has 0 fully saturated rings. The Balaban J connectivity index is 3.12. The highest BCUT2D eigenvalue weighted by molar-refractivity contribution is 5.89. The summed E-state index contributed by atoms with van der Waals surface area (Å²) in [6, 6.07) is 5.11. The van der Waals surface area contributed by atoms with Crippen molar-refractivity contribution in [2.75, 3.05) is 0 Å². The van der Waals surface area contributed by atoms with Crippen molar-refractivity contribution in [2.24, 2.45) is 5.73 Å². The summed E-state index contributed by atoms with van der Waals surface area (Å²) in [6.07, 6.45) is 0. The minimum Gasteiger partial charge on any atom is -0.478 e. The fourth-order valence-electron chi connectivity index (χ4n) is 1.09. The first-order valence-corrected chi connectivity index (χ1v) is 3.68. The van der Waals surface area contributed by atoms with E-state index in [2.05, 4.69) is 0 Å². The van der Waals surface area contributed by atoms with Crippen LogP contribution in [0, 0.1) is 6.92 Å². The van der Waals surface area contributed by atoms with Crippen LogP contribution in [0.3, 0.4) is 0 Å². The van der Waals surface area contributed by atoms with E-state index in [0.29, 0.717) is 12.1 Å². The van der Waals surface area contributed by atoms with Crippen molar-refractivity contribution in [3.8, 4) is 0 Å². The molecule has 0 aliphatic rings. The number of carboxylic acid groups (broad SMARTS) is 1. The van der Waals surface area contributed by atoms with E-state index in [4.69, 9.17) is 10.8 Å². The van der Waals surface area contributed by atoms with Gasteiger partial charge in [-0.1, -0.05) is 12.1 Å². The standard InChI is InChI=1S/C9H11NO2/c1-6-4-7(5-10)2-3-8(6)9(11)12/h2-4H,5,10H2,1H3,(H,11,12). The first-order valence-electron chi connectivity index (χ1n) is 3.68. The second-order valence-corrected chi connectivity index (χ2v) is 2.66. The second-order valence-electron chi connectivity index (χ2n) is 2.66.